The van der Waals surface area contributed by atoms with Crippen LogP contribution < -0.4 is 33.2 Å². The molecule has 196 valence electrons. The van der Waals surface area contributed by atoms with Crippen molar-refractivity contribution in [1.82, 2.24) is 16.0 Å². The number of hydrogen-bond donors (Lipinski definition) is 8. The summed E-state index contributed by atoms with van der Waals surface area (Å²) in [6.07, 6.45) is 1.08. The van der Waals surface area contributed by atoms with Crippen molar-refractivity contribution in [3.63, 3.8) is 0 Å². The molecule has 3 amide bonds. The van der Waals surface area contributed by atoms with E-state index in [0.29, 0.717) is 12.2 Å². The minimum absolute atomic E-state index is 0.118. The fourth-order valence-corrected chi connectivity index (χ4v) is 3.23. The molecule has 0 bridgehead atoms. The molecule has 11 N–H and O–H groups in total. The van der Waals surface area contributed by atoms with Gasteiger partial charge < -0.3 is 43.4 Å². The average molecular weight is 506 g/mol. The van der Waals surface area contributed by atoms with Crippen molar-refractivity contribution in [1.29, 1.82) is 0 Å². The van der Waals surface area contributed by atoms with Crippen molar-refractivity contribution in [2.45, 2.75) is 70.3 Å². The molecular weight excluding hydrogens is 466 g/mol. The average Bonchev–Trinajstić information content (AvgIpc) is 2.74. The lowest BCUT2D eigenvalue weighted by Crippen LogP contribution is -2.60. The second-order valence-corrected chi connectivity index (χ2v) is 9.17. The van der Waals surface area contributed by atoms with Crippen LogP contribution in [0.4, 0.5) is 0 Å². The van der Waals surface area contributed by atoms with Gasteiger partial charge in [-0.2, -0.15) is 11.8 Å². The Balaban J connectivity index is 5.48. The van der Waals surface area contributed by atoms with Crippen LogP contribution >= 0.6 is 11.8 Å². The van der Waals surface area contributed by atoms with Gasteiger partial charge in [0.25, 0.3) is 0 Å². The number of nitrogens with two attached hydrogens (primary N) is 3. The van der Waals surface area contributed by atoms with E-state index in [1.54, 1.807) is 20.1 Å². The van der Waals surface area contributed by atoms with Crippen molar-refractivity contribution in [2.75, 3.05) is 18.6 Å². The Morgan fingerprint density at radius 1 is 0.941 bits per heavy atom. The van der Waals surface area contributed by atoms with Gasteiger partial charge >= 0.3 is 5.97 Å². The quantitative estimate of drug-likeness (QED) is 0.0634. The second kappa shape index (κ2) is 16.1. The number of carbonyl (C=O) groups is 4. The van der Waals surface area contributed by atoms with Gasteiger partial charge in [0.1, 0.15) is 18.1 Å². The van der Waals surface area contributed by atoms with Crippen LogP contribution in [0.2, 0.25) is 0 Å². The molecule has 5 atom stereocenters. The van der Waals surface area contributed by atoms with Gasteiger partial charge in [0.05, 0.1) is 12.1 Å². The monoisotopic (exact) mass is 505 g/mol. The molecule has 0 saturated heterocycles. The molecule has 0 fully saturated rings. The molecular formula is C20H39N7O6S. The Hall–Kier alpha value is -2.58. The number of aliphatic imine (C=N–C) groups is 1. The number of aliphatic hydroxyl groups excluding tert-OH is 1. The summed E-state index contributed by atoms with van der Waals surface area (Å²) in [5, 5.41) is 26.7. The van der Waals surface area contributed by atoms with Crippen LogP contribution in [0.3, 0.4) is 0 Å². The third kappa shape index (κ3) is 12.0. The number of thioether (sulfide) groups is 1. The first-order valence-electron chi connectivity index (χ1n) is 10.9. The zero-order valence-corrected chi connectivity index (χ0v) is 20.9. The maximum absolute atomic E-state index is 12.9. The molecule has 34 heavy (non-hydrogen) atoms. The van der Waals surface area contributed by atoms with Gasteiger partial charge in [-0.1, -0.05) is 13.8 Å². The van der Waals surface area contributed by atoms with Gasteiger partial charge in [-0.15, -0.1) is 0 Å². The number of aliphatic carboxylic acids is 1. The number of guanidine groups is 1. The first kappa shape index (κ1) is 31.4. The third-order valence-corrected chi connectivity index (χ3v) is 5.53. The highest BCUT2D eigenvalue weighted by Gasteiger charge is 2.32. The van der Waals surface area contributed by atoms with E-state index in [9.17, 15) is 29.4 Å². The van der Waals surface area contributed by atoms with Gasteiger partial charge in [0.2, 0.25) is 17.7 Å². The number of carboxylic acid groups (broad SMARTS) is 1. The topological polar surface area (TPSA) is 235 Å². The number of nitrogens with zero attached hydrogens (tertiary/aromatic N) is 1. The van der Waals surface area contributed by atoms with Gasteiger partial charge in [-0.25, -0.2) is 4.79 Å². The highest BCUT2D eigenvalue weighted by atomic mass is 32.2. The van der Waals surface area contributed by atoms with Crippen molar-refractivity contribution in [2.24, 2.45) is 28.1 Å². The molecule has 0 aromatic rings. The highest BCUT2D eigenvalue weighted by Crippen LogP contribution is 2.06. The SMILES string of the molecule is CSCCC(NC(=O)C(NC(=O)C(CCCN=C(N)N)NC(=O)C(N)C(C)C)C(C)O)C(=O)O. The molecule has 0 aromatic carbocycles. The van der Waals surface area contributed by atoms with Crippen LogP contribution in [-0.2, 0) is 19.2 Å². The summed E-state index contributed by atoms with van der Waals surface area (Å²) in [5.74, 6) is -3.21. The Morgan fingerprint density at radius 3 is 2.00 bits per heavy atom. The molecule has 13 nitrogen and oxygen atoms in total. The Labute approximate surface area is 204 Å². The van der Waals surface area contributed by atoms with E-state index in [0.717, 1.165) is 0 Å². The summed E-state index contributed by atoms with van der Waals surface area (Å²) in [4.78, 5) is 53.3. The number of aliphatic hydroxyl groups is 1. The maximum Gasteiger partial charge on any atom is 0.326 e. The molecule has 0 aliphatic heterocycles. The number of nitrogens with one attached hydrogen (secondary N) is 3. The molecule has 0 aliphatic rings. The van der Waals surface area contributed by atoms with E-state index in [2.05, 4.69) is 20.9 Å². The van der Waals surface area contributed by atoms with E-state index in [1.807, 2.05) is 0 Å². The minimum atomic E-state index is -1.44. The largest absolute Gasteiger partial charge is 0.480 e. The third-order valence-electron chi connectivity index (χ3n) is 4.89. The summed E-state index contributed by atoms with van der Waals surface area (Å²) < 4.78 is 0. The molecule has 0 aliphatic carbocycles. The van der Waals surface area contributed by atoms with Crippen molar-refractivity contribution < 1.29 is 29.4 Å². The highest BCUT2D eigenvalue weighted by molar-refractivity contribution is 7.98. The molecule has 0 spiro atoms. The first-order valence-corrected chi connectivity index (χ1v) is 12.3. The van der Waals surface area contributed by atoms with Crippen LogP contribution in [0, 0.1) is 5.92 Å². The number of rotatable bonds is 16. The van der Waals surface area contributed by atoms with E-state index in [1.165, 1.54) is 18.7 Å². The molecule has 0 rings (SSSR count). The number of hydrogen-bond acceptors (Lipinski definition) is 8. The lowest BCUT2D eigenvalue weighted by atomic mass is 10.0. The predicted octanol–water partition coefficient (Wildman–Crippen LogP) is -2.30. The molecule has 0 saturated carbocycles. The van der Waals surface area contributed by atoms with Gasteiger partial charge in [-0.3, -0.25) is 19.4 Å². The van der Waals surface area contributed by atoms with Crippen LogP contribution in [0.25, 0.3) is 0 Å². The van der Waals surface area contributed by atoms with Gasteiger partial charge in [0, 0.05) is 6.54 Å². The Morgan fingerprint density at radius 2 is 1.53 bits per heavy atom. The summed E-state index contributed by atoms with van der Waals surface area (Å²) in [6, 6.07) is -4.58. The van der Waals surface area contributed by atoms with Gasteiger partial charge in [0.15, 0.2) is 5.96 Å². The summed E-state index contributed by atoms with van der Waals surface area (Å²) in [6.45, 7) is 4.99. The van der Waals surface area contributed by atoms with Crippen LogP contribution in [0.5, 0.6) is 0 Å². The summed E-state index contributed by atoms with van der Waals surface area (Å²) in [7, 11) is 0. The molecule has 0 radical (unpaired) electrons. The normalized spacial score (nSPS) is 15.4. The number of amides is 3. The van der Waals surface area contributed by atoms with Crippen molar-refractivity contribution in [3.8, 4) is 0 Å². The van der Waals surface area contributed by atoms with E-state index < -0.39 is 54.0 Å². The lowest BCUT2D eigenvalue weighted by molar-refractivity contribution is -0.143. The van der Waals surface area contributed by atoms with Gasteiger partial charge in [-0.05, 0) is 44.1 Å². The standard InChI is InChI=1S/C20H39N7O6S/c1-10(2)14(21)17(30)25-12(6-5-8-24-20(22)23)16(29)27-15(11(3)28)18(31)26-13(19(32)33)7-9-34-4/h10-15,28H,5-9,21H2,1-4H3,(H,25,30)(H,26,31)(H,27,29)(H,32,33)(H4,22,23,24). The first-order chi connectivity index (χ1) is 15.8. The fraction of sp³-hybridized carbons (Fsp3) is 0.750. The zero-order chi connectivity index (χ0) is 26.4. The minimum Gasteiger partial charge on any atom is -0.480 e. The second-order valence-electron chi connectivity index (χ2n) is 8.19. The molecule has 5 unspecified atom stereocenters. The lowest BCUT2D eigenvalue weighted by Gasteiger charge is -2.27. The smallest absolute Gasteiger partial charge is 0.326 e. The molecule has 0 heterocycles. The van der Waals surface area contributed by atoms with Crippen molar-refractivity contribution in [3.05, 3.63) is 0 Å². The van der Waals surface area contributed by atoms with E-state index >= 15 is 0 Å². The van der Waals surface area contributed by atoms with E-state index in [4.69, 9.17) is 17.2 Å². The number of carboxylic acids is 1. The molecule has 14 heteroatoms. The molecule has 0 aromatic heterocycles. The fourth-order valence-electron chi connectivity index (χ4n) is 2.76. The van der Waals surface area contributed by atoms with Crippen molar-refractivity contribution >= 4 is 41.4 Å². The van der Waals surface area contributed by atoms with Crippen LogP contribution in [0.1, 0.15) is 40.0 Å². The maximum atomic E-state index is 12.9. The zero-order valence-electron chi connectivity index (χ0n) is 20.1. The van der Waals surface area contributed by atoms with Crippen LogP contribution in [-0.4, -0.2) is 88.7 Å². The Kier molecular flexibility index (Phi) is 14.9. The van der Waals surface area contributed by atoms with E-state index in [-0.39, 0.29) is 31.3 Å². The van der Waals surface area contributed by atoms with Crippen LogP contribution in [0.15, 0.2) is 4.99 Å². The Bertz CT molecular complexity index is 716. The summed E-state index contributed by atoms with van der Waals surface area (Å²) >= 11 is 1.42. The predicted molar refractivity (Wildman–Crippen MR) is 131 cm³/mol. The summed E-state index contributed by atoms with van der Waals surface area (Å²) in [5.41, 5.74) is 16.5. The number of carbonyl (C=O) groups excluding carboxylic acids is 3.